The molecule has 0 saturated carbocycles. The Morgan fingerprint density at radius 1 is 1.50 bits per heavy atom. The van der Waals surface area contributed by atoms with Crippen molar-refractivity contribution in [3.63, 3.8) is 0 Å². The first-order valence-corrected chi connectivity index (χ1v) is 6.75. The zero-order valence-corrected chi connectivity index (χ0v) is 12.0. The Morgan fingerprint density at radius 2 is 2.23 bits per heavy atom. The number of ether oxygens (including phenoxy) is 2. The number of rotatable bonds is 5. The maximum atomic E-state index is 13.7. The van der Waals surface area contributed by atoms with E-state index < -0.39 is 30.2 Å². The first-order chi connectivity index (χ1) is 10.3. The van der Waals surface area contributed by atoms with E-state index >= 15 is 0 Å². The van der Waals surface area contributed by atoms with E-state index in [4.69, 9.17) is 10.5 Å². The van der Waals surface area contributed by atoms with Gasteiger partial charge in [0.25, 0.3) is 0 Å². The largest absolute Gasteiger partial charge is 0.432 e. The average Bonchev–Trinajstić information content (AvgIpc) is 2.40. The number of hydrogen-bond acceptors (Lipinski definition) is 4. The Kier molecular flexibility index (Phi) is 5.25. The Morgan fingerprint density at radius 3 is 2.82 bits per heavy atom. The quantitative estimate of drug-likeness (QED) is 0.893. The van der Waals surface area contributed by atoms with Gasteiger partial charge < -0.3 is 15.2 Å². The van der Waals surface area contributed by atoms with Gasteiger partial charge in [-0.15, -0.1) is 0 Å². The monoisotopic (exact) mass is 318 g/mol. The molecule has 1 fully saturated rings. The lowest BCUT2D eigenvalue weighted by Crippen LogP contribution is -2.51. The van der Waals surface area contributed by atoms with Crippen LogP contribution in [0.25, 0.3) is 0 Å². The second kappa shape index (κ2) is 6.97. The van der Waals surface area contributed by atoms with Crippen molar-refractivity contribution in [2.75, 3.05) is 13.1 Å². The fourth-order valence-corrected chi connectivity index (χ4v) is 2.42. The maximum absolute atomic E-state index is 13.7. The molecule has 0 aliphatic carbocycles. The summed E-state index contributed by atoms with van der Waals surface area (Å²) in [6, 6.07) is 3.80. The van der Waals surface area contributed by atoms with Gasteiger partial charge in [-0.3, -0.25) is 9.69 Å². The molecule has 0 aromatic heterocycles. The number of carbonyl (C=O) groups excluding carboxylic acids is 1. The minimum absolute atomic E-state index is 0.183. The van der Waals surface area contributed by atoms with Crippen molar-refractivity contribution in [3.8, 4) is 5.75 Å². The van der Waals surface area contributed by atoms with Crippen LogP contribution >= 0.6 is 0 Å². The predicted octanol–water partition coefficient (Wildman–Crippen LogP) is 1.50. The average molecular weight is 318 g/mol. The highest BCUT2D eigenvalue weighted by Gasteiger charge is 2.28. The molecule has 1 aromatic rings. The fourth-order valence-electron chi connectivity index (χ4n) is 2.42. The first-order valence-electron chi connectivity index (χ1n) is 6.75. The summed E-state index contributed by atoms with van der Waals surface area (Å²) in [5.74, 6) is -1.90. The van der Waals surface area contributed by atoms with Gasteiger partial charge in [-0.25, -0.2) is 4.39 Å². The summed E-state index contributed by atoms with van der Waals surface area (Å²) in [6.45, 7) is -0.0557. The summed E-state index contributed by atoms with van der Waals surface area (Å²) in [4.78, 5) is 13.1. The van der Waals surface area contributed by atoms with Crippen LogP contribution in [-0.4, -0.2) is 42.7 Å². The molecule has 1 aromatic carbocycles. The molecule has 1 aliphatic heterocycles. The normalized spacial score (nSPS) is 22.8. The van der Waals surface area contributed by atoms with Crippen molar-refractivity contribution in [1.82, 2.24) is 4.90 Å². The zero-order chi connectivity index (χ0) is 16.3. The molecule has 122 valence electrons. The highest BCUT2D eigenvalue weighted by atomic mass is 19.3. The number of nitrogens with two attached hydrogens (primary N) is 1. The zero-order valence-electron chi connectivity index (χ0n) is 12.0. The van der Waals surface area contributed by atoms with E-state index in [1.165, 1.54) is 6.07 Å². The molecule has 5 nitrogen and oxygen atoms in total. The van der Waals surface area contributed by atoms with Gasteiger partial charge in [0.2, 0.25) is 5.91 Å². The van der Waals surface area contributed by atoms with Crippen LogP contribution < -0.4 is 10.5 Å². The number of benzene rings is 1. The van der Waals surface area contributed by atoms with Crippen LogP contribution in [0.5, 0.6) is 5.75 Å². The summed E-state index contributed by atoms with van der Waals surface area (Å²) in [6.07, 6.45) is -0.896. The molecular weight excluding hydrogens is 301 g/mol. The van der Waals surface area contributed by atoms with E-state index in [9.17, 15) is 18.0 Å². The summed E-state index contributed by atoms with van der Waals surface area (Å²) in [5.41, 5.74) is 5.82. The molecule has 2 rings (SSSR count). The Bertz CT molecular complexity index is 542. The van der Waals surface area contributed by atoms with Crippen LogP contribution in [0.3, 0.4) is 0 Å². The van der Waals surface area contributed by atoms with Gasteiger partial charge in [0.05, 0.1) is 6.10 Å². The molecule has 1 saturated heterocycles. The topological polar surface area (TPSA) is 64.8 Å². The van der Waals surface area contributed by atoms with Crippen LogP contribution in [0.4, 0.5) is 13.2 Å². The van der Waals surface area contributed by atoms with Crippen LogP contribution in [0.1, 0.15) is 12.5 Å². The van der Waals surface area contributed by atoms with E-state index in [0.717, 1.165) is 12.1 Å². The van der Waals surface area contributed by atoms with E-state index in [1.807, 2.05) is 11.8 Å². The van der Waals surface area contributed by atoms with Crippen molar-refractivity contribution in [2.24, 2.45) is 5.73 Å². The summed E-state index contributed by atoms with van der Waals surface area (Å²) in [7, 11) is 0. The molecule has 1 heterocycles. The number of hydrogen-bond donors (Lipinski definition) is 1. The molecule has 8 heteroatoms. The van der Waals surface area contributed by atoms with Crippen LogP contribution in [0.15, 0.2) is 18.2 Å². The fraction of sp³-hybridized carbons (Fsp3) is 0.500. The minimum atomic E-state index is -3.07. The molecule has 0 radical (unpaired) electrons. The lowest BCUT2D eigenvalue weighted by molar-refractivity contribution is -0.142. The second-order valence-electron chi connectivity index (χ2n) is 5.18. The maximum Gasteiger partial charge on any atom is 0.387 e. The van der Waals surface area contributed by atoms with E-state index in [2.05, 4.69) is 4.74 Å². The van der Waals surface area contributed by atoms with Crippen molar-refractivity contribution in [3.05, 3.63) is 29.6 Å². The molecule has 0 unspecified atom stereocenters. The number of primary amides is 1. The summed E-state index contributed by atoms with van der Waals surface area (Å²) < 4.78 is 47.3. The lowest BCUT2D eigenvalue weighted by Gasteiger charge is -2.35. The van der Waals surface area contributed by atoms with E-state index in [0.29, 0.717) is 25.2 Å². The van der Waals surface area contributed by atoms with Gasteiger partial charge in [0, 0.05) is 19.6 Å². The molecule has 0 bridgehead atoms. The minimum Gasteiger partial charge on any atom is -0.432 e. The molecule has 1 amide bonds. The lowest BCUT2D eigenvalue weighted by atomic mass is 10.1. The molecule has 2 N–H and O–H groups in total. The van der Waals surface area contributed by atoms with Gasteiger partial charge in [-0.2, -0.15) is 8.78 Å². The van der Waals surface area contributed by atoms with Crippen LogP contribution in [0, 0.1) is 5.82 Å². The Hall–Kier alpha value is -1.80. The number of amides is 1. The number of nitrogens with zero attached hydrogens (tertiary/aromatic N) is 1. The second-order valence-corrected chi connectivity index (χ2v) is 5.18. The Balaban J connectivity index is 2.03. The number of halogens is 3. The number of carbonyl (C=O) groups is 1. The van der Waals surface area contributed by atoms with Crippen molar-refractivity contribution < 1.29 is 27.4 Å². The number of morpholine rings is 1. The standard InChI is InChI=1S/C14H17F3N2O3/c1-8-5-19(7-12(21-8)13(18)20)6-9-2-3-11(10(15)4-9)22-14(16)17/h2-4,8,12,14H,5-7H2,1H3,(H2,18,20)/t8-,12+/m1/s1. The summed E-state index contributed by atoms with van der Waals surface area (Å²) in [5, 5.41) is 0. The van der Waals surface area contributed by atoms with Crippen molar-refractivity contribution in [2.45, 2.75) is 32.3 Å². The van der Waals surface area contributed by atoms with Gasteiger partial charge in [0.1, 0.15) is 6.10 Å². The predicted molar refractivity (Wildman–Crippen MR) is 71.8 cm³/mol. The Labute approximate surface area is 125 Å². The third-order valence-electron chi connectivity index (χ3n) is 3.27. The van der Waals surface area contributed by atoms with Gasteiger partial charge in [-0.1, -0.05) is 6.07 Å². The highest BCUT2D eigenvalue weighted by Crippen LogP contribution is 2.22. The summed E-state index contributed by atoms with van der Waals surface area (Å²) >= 11 is 0. The van der Waals surface area contributed by atoms with Gasteiger partial charge >= 0.3 is 6.61 Å². The van der Waals surface area contributed by atoms with Crippen molar-refractivity contribution in [1.29, 1.82) is 0 Å². The van der Waals surface area contributed by atoms with Gasteiger partial charge in [0.15, 0.2) is 11.6 Å². The highest BCUT2D eigenvalue weighted by molar-refractivity contribution is 5.79. The molecule has 22 heavy (non-hydrogen) atoms. The van der Waals surface area contributed by atoms with Crippen LogP contribution in [-0.2, 0) is 16.1 Å². The smallest absolute Gasteiger partial charge is 0.387 e. The molecular formula is C14H17F3N2O3. The molecule has 0 spiro atoms. The SMILES string of the molecule is C[C@@H]1CN(Cc2ccc(OC(F)F)c(F)c2)C[C@@H](C(N)=O)O1. The van der Waals surface area contributed by atoms with Crippen LogP contribution in [0.2, 0.25) is 0 Å². The third kappa shape index (κ3) is 4.35. The van der Waals surface area contributed by atoms with E-state index in [-0.39, 0.29) is 6.10 Å². The third-order valence-corrected chi connectivity index (χ3v) is 3.27. The van der Waals surface area contributed by atoms with Gasteiger partial charge in [-0.05, 0) is 24.6 Å². The van der Waals surface area contributed by atoms with Crippen molar-refractivity contribution >= 4 is 5.91 Å². The number of alkyl halides is 2. The molecule has 2 atom stereocenters. The first kappa shape index (κ1) is 16.6. The molecule has 1 aliphatic rings. The van der Waals surface area contributed by atoms with E-state index in [1.54, 1.807) is 0 Å².